The third-order valence-electron chi connectivity index (χ3n) is 3.17. The van der Waals surface area contributed by atoms with E-state index in [0.717, 1.165) is 0 Å². The average Bonchev–Trinajstić information content (AvgIpc) is 2.27. The highest BCUT2D eigenvalue weighted by atomic mass is 19.1. The Morgan fingerprint density at radius 2 is 2.05 bits per heavy atom. The van der Waals surface area contributed by atoms with Crippen LogP contribution in [0.15, 0.2) is 24.3 Å². The summed E-state index contributed by atoms with van der Waals surface area (Å²) >= 11 is 0. The summed E-state index contributed by atoms with van der Waals surface area (Å²) in [4.78, 5) is 11.5. The molecule has 0 spiro atoms. The molecule has 1 aliphatic rings. The monoisotopic (exact) mass is 267 g/mol. The summed E-state index contributed by atoms with van der Waals surface area (Å²) in [6.07, 6.45) is 0.285. The normalized spacial score (nSPS) is 23.7. The Kier molecular flexibility index (Phi) is 3.49. The minimum absolute atomic E-state index is 0.263. The van der Waals surface area contributed by atoms with E-state index in [1.165, 1.54) is 12.1 Å². The third-order valence-corrected chi connectivity index (χ3v) is 3.17. The van der Waals surface area contributed by atoms with Crippen LogP contribution >= 0.6 is 0 Å². The van der Waals surface area contributed by atoms with Gasteiger partial charge in [0, 0.05) is 19.4 Å². The van der Waals surface area contributed by atoms with Crippen molar-refractivity contribution in [3.63, 3.8) is 0 Å². The van der Waals surface area contributed by atoms with Crippen LogP contribution in [0.3, 0.4) is 0 Å². The van der Waals surface area contributed by atoms with Crippen molar-refractivity contribution in [1.82, 2.24) is 5.32 Å². The van der Waals surface area contributed by atoms with Crippen LogP contribution in [0.2, 0.25) is 0 Å². The SMILES string of the molecule is CC(C)(O)CC1(c2ccc(F)cc2)CCNC(=O)O1. The number of halogens is 1. The zero-order valence-electron chi connectivity index (χ0n) is 11.1. The molecule has 1 fully saturated rings. The molecule has 1 amide bonds. The first-order chi connectivity index (χ1) is 8.81. The number of alkyl carbamates (subject to hydrolysis) is 1. The van der Waals surface area contributed by atoms with E-state index in [1.807, 2.05) is 0 Å². The van der Waals surface area contributed by atoms with Gasteiger partial charge in [0.15, 0.2) is 0 Å². The lowest BCUT2D eigenvalue weighted by Crippen LogP contribution is -2.48. The van der Waals surface area contributed by atoms with Gasteiger partial charge in [-0.25, -0.2) is 9.18 Å². The van der Waals surface area contributed by atoms with Crippen LogP contribution in [-0.2, 0) is 10.3 Å². The fourth-order valence-electron chi connectivity index (χ4n) is 2.51. The summed E-state index contributed by atoms with van der Waals surface area (Å²) in [5.41, 5.74) is -1.20. The standard InChI is InChI=1S/C14H18FNO3/c1-13(2,18)9-14(7-8-16-12(17)19-14)10-3-5-11(15)6-4-10/h3-6,18H,7-9H2,1-2H3,(H,16,17). The molecule has 0 aliphatic carbocycles. The van der Waals surface area contributed by atoms with Gasteiger partial charge in [-0.05, 0) is 31.5 Å². The molecule has 2 rings (SSSR count). The summed E-state index contributed by atoms with van der Waals surface area (Å²) in [6, 6.07) is 5.86. The second-order valence-electron chi connectivity index (χ2n) is 5.56. The van der Waals surface area contributed by atoms with E-state index in [2.05, 4.69) is 5.32 Å². The first-order valence-electron chi connectivity index (χ1n) is 6.26. The van der Waals surface area contributed by atoms with E-state index in [4.69, 9.17) is 4.74 Å². The lowest BCUT2D eigenvalue weighted by Gasteiger charge is -2.40. The van der Waals surface area contributed by atoms with E-state index >= 15 is 0 Å². The Morgan fingerprint density at radius 3 is 2.58 bits per heavy atom. The number of hydrogen-bond acceptors (Lipinski definition) is 3. The molecule has 0 radical (unpaired) electrons. The number of carbonyl (C=O) groups excluding carboxylic acids is 1. The molecule has 104 valence electrons. The first kappa shape index (κ1) is 13.8. The molecule has 5 heteroatoms. The van der Waals surface area contributed by atoms with Crippen molar-refractivity contribution in [1.29, 1.82) is 0 Å². The van der Waals surface area contributed by atoms with E-state index in [0.29, 0.717) is 18.5 Å². The van der Waals surface area contributed by atoms with Gasteiger partial charge < -0.3 is 15.2 Å². The smallest absolute Gasteiger partial charge is 0.408 e. The van der Waals surface area contributed by atoms with Crippen molar-refractivity contribution < 1.29 is 19.0 Å². The Balaban J connectivity index is 2.38. The maximum atomic E-state index is 13.0. The van der Waals surface area contributed by atoms with Gasteiger partial charge in [0.1, 0.15) is 11.4 Å². The van der Waals surface area contributed by atoms with Crippen molar-refractivity contribution in [3.8, 4) is 0 Å². The summed E-state index contributed by atoms with van der Waals surface area (Å²) in [5.74, 6) is -0.345. The third kappa shape index (κ3) is 3.23. The van der Waals surface area contributed by atoms with Crippen LogP contribution < -0.4 is 5.32 Å². The highest BCUT2D eigenvalue weighted by molar-refractivity contribution is 5.69. The second kappa shape index (κ2) is 4.81. The first-order valence-corrected chi connectivity index (χ1v) is 6.26. The van der Waals surface area contributed by atoms with Gasteiger partial charge in [-0.3, -0.25) is 0 Å². The van der Waals surface area contributed by atoms with E-state index in [-0.39, 0.29) is 12.2 Å². The highest BCUT2D eigenvalue weighted by Crippen LogP contribution is 2.39. The number of aliphatic hydroxyl groups is 1. The van der Waals surface area contributed by atoms with Crippen LogP contribution in [0.5, 0.6) is 0 Å². The molecule has 2 N–H and O–H groups in total. The molecule has 0 bridgehead atoms. The summed E-state index contributed by atoms with van der Waals surface area (Å²) in [7, 11) is 0. The molecular formula is C14H18FNO3. The molecule has 1 aromatic carbocycles. The number of benzene rings is 1. The lowest BCUT2D eigenvalue weighted by molar-refractivity contribution is -0.0745. The molecule has 1 saturated heterocycles. The van der Waals surface area contributed by atoms with Gasteiger partial charge in [-0.2, -0.15) is 0 Å². The van der Waals surface area contributed by atoms with Crippen LogP contribution in [0.1, 0.15) is 32.3 Å². The Morgan fingerprint density at radius 1 is 1.42 bits per heavy atom. The fourth-order valence-corrected chi connectivity index (χ4v) is 2.51. The van der Waals surface area contributed by atoms with Crippen molar-refractivity contribution in [2.24, 2.45) is 0 Å². The van der Waals surface area contributed by atoms with Gasteiger partial charge in [-0.15, -0.1) is 0 Å². The Bertz CT molecular complexity index is 467. The number of nitrogens with one attached hydrogen (secondary N) is 1. The minimum atomic E-state index is -0.994. The van der Waals surface area contributed by atoms with Gasteiger partial charge in [0.05, 0.1) is 5.60 Å². The van der Waals surface area contributed by atoms with E-state index in [9.17, 15) is 14.3 Å². The lowest BCUT2D eigenvalue weighted by atomic mass is 9.80. The molecule has 19 heavy (non-hydrogen) atoms. The number of carbonyl (C=O) groups is 1. The van der Waals surface area contributed by atoms with Crippen LogP contribution in [0.25, 0.3) is 0 Å². The number of cyclic esters (lactones) is 1. The summed E-state index contributed by atoms with van der Waals surface area (Å²) in [6.45, 7) is 3.79. The molecule has 4 nitrogen and oxygen atoms in total. The van der Waals surface area contributed by atoms with Crippen LogP contribution in [0, 0.1) is 5.82 Å². The van der Waals surface area contributed by atoms with Crippen molar-refractivity contribution in [2.45, 2.75) is 37.9 Å². The Labute approximate surface area is 111 Å². The molecule has 1 aromatic rings. The van der Waals surface area contributed by atoms with Gasteiger partial charge in [0.25, 0.3) is 0 Å². The molecule has 1 heterocycles. The van der Waals surface area contributed by atoms with Crippen molar-refractivity contribution >= 4 is 6.09 Å². The summed E-state index contributed by atoms with van der Waals surface area (Å²) < 4.78 is 18.5. The Hall–Kier alpha value is -1.62. The molecule has 1 aliphatic heterocycles. The number of ether oxygens (including phenoxy) is 1. The number of amides is 1. The van der Waals surface area contributed by atoms with Crippen molar-refractivity contribution in [3.05, 3.63) is 35.6 Å². The highest BCUT2D eigenvalue weighted by Gasteiger charge is 2.43. The van der Waals surface area contributed by atoms with E-state index in [1.54, 1.807) is 26.0 Å². The zero-order chi connectivity index (χ0) is 14.1. The van der Waals surface area contributed by atoms with Crippen LogP contribution in [0.4, 0.5) is 9.18 Å². The summed E-state index contributed by atoms with van der Waals surface area (Å²) in [5, 5.41) is 12.6. The van der Waals surface area contributed by atoms with Crippen molar-refractivity contribution in [2.75, 3.05) is 6.54 Å². The topological polar surface area (TPSA) is 58.6 Å². The minimum Gasteiger partial charge on any atom is -0.438 e. The number of rotatable bonds is 3. The predicted molar refractivity (Wildman–Crippen MR) is 68.1 cm³/mol. The second-order valence-corrected chi connectivity index (χ2v) is 5.56. The zero-order valence-corrected chi connectivity index (χ0v) is 11.1. The van der Waals surface area contributed by atoms with Gasteiger partial charge in [-0.1, -0.05) is 12.1 Å². The van der Waals surface area contributed by atoms with E-state index < -0.39 is 17.3 Å². The maximum Gasteiger partial charge on any atom is 0.408 e. The van der Waals surface area contributed by atoms with Crippen LogP contribution in [-0.4, -0.2) is 23.3 Å². The average molecular weight is 267 g/mol. The molecule has 1 unspecified atom stereocenters. The van der Waals surface area contributed by atoms with Gasteiger partial charge >= 0.3 is 6.09 Å². The van der Waals surface area contributed by atoms with Gasteiger partial charge in [0.2, 0.25) is 0 Å². The molecule has 0 saturated carbocycles. The fraction of sp³-hybridized carbons (Fsp3) is 0.500. The maximum absolute atomic E-state index is 13.0. The molecule has 1 atom stereocenters. The predicted octanol–water partition coefficient (Wildman–Crippen LogP) is 2.31. The molecule has 0 aromatic heterocycles. The largest absolute Gasteiger partial charge is 0.438 e. The quantitative estimate of drug-likeness (QED) is 0.883. The number of hydrogen-bond donors (Lipinski definition) is 2. The molecular weight excluding hydrogens is 249 g/mol.